The molecule has 0 aromatic carbocycles. The lowest BCUT2D eigenvalue weighted by atomic mass is 10.1. The standard InChI is InChI=1S/C13H23N3O/c1-5-11-15-12(14)10(4)13(16-11)17-8-6-7-9(2)3/h9H,5-8H2,1-4H3,(H2,14,15,16). The summed E-state index contributed by atoms with van der Waals surface area (Å²) in [4.78, 5) is 8.55. The zero-order valence-corrected chi connectivity index (χ0v) is 11.3. The number of hydrogen-bond donors (Lipinski definition) is 1. The first-order valence-corrected chi connectivity index (χ1v) is 6.30. The molecule has 0 atom stereocenters. The highest BCUT2D eigenvalue weighted by molar-refractivity contribution is 5.44. The first-order valence-electron chi connectivity index (χ1n) is 6.30. The van der Waals surface area contributed by atoms with Crippen LogP contribution in [0.25, 0.3) is 0 Å². The minimum absolute atomic E-state index is 0.524. The van der Waals surface area contributed by atoms with E-state index in [0.29, 0.717) is 24.2 Å². The van der Waals surface area contributed by atoms with Gasteiger partial charge in [0, 0.05) is 6.42 Å². The molecule has 2 N–H and O–H groups in total. The molecular weight excluding hydrogens is 214 g/mol. The molecule has 1 rings (SSSR count). The van der Waals surface area contributed by atoms with Crippen LogP contribution >= 0.6 is 0 Å². The number of nitrogens with zero attached hydrogens (tertiary/aromatic N) is 2. The highest BCUT2D eigenvalue weighted by Crippen LogP contribution is 2.20. The Balaban J connectivity index is 2.60. The van der Waals surface area contributed by atoms with E-state index in [0.717, 1.165) is 24.2 Å². The van der Waals surface area contributed by atoms with Crippen molar-refractivity contribution in [2.75, 3.05) is 12.3 Å². The van der Waals surface area contributed by atoms with E-state index in [1.54, 1.807) is 0 Å². The molecule has 0 aliphatic carbocycles. The van der Waals surface area contributed by atoms with Crippen molar-refractivity contribution in [3.8, 4) is 5.88 Å². The van der Waals surface area contributed by atoms with E-state index in [4.69, 9.17) is 10.5 Å². The Labute approximate surface area is 104 Å². The van der Waals surface area contributed by atoms with Crippen molar-refractivity contribution in [3.05, 3.63) is 11.4 Å². The monoisotopic (exact) mass is 237 g/mol. The zero-order valence-electron chi connectivity index (χ0n) is 11.3. The molecule has 0 unspecified atom stereocenters. The third kappa shape index (κ3) is 4.21. The lowest BCUT2D eigenvalue weighted by molar-refractivity contribution is 0.284. The molecule has 0 saturated carbocycles. The van der Waals surface area contributed by atoms with Crippen molar-refractivity contribution in [1.82, 2.24) is 9.97 Å². The largest absolute Gasteiger partial charge is 0.477 e. The highest BCUT2D eigenvalue weighted by Gasteiger charge is 2.08. The Morgan fingerprint density at radius 1 is 1.29 bits per heavy atom. The molecule has 1 aromatic heterocycles. The van der Waals surface area contributed by atoms with Gasteiger partial charge in [-0.15, -0.1) is 0 Å². The van der Waals surface area contributed by atoms with Crippen LogP contribution in [-0.2, 0) is 6.42 Å². The molecular formula is C13H23N3O. The smallest absolute Gasteiger partial charge is 0.221 e. The van der Waals surface area contributed by atoms with Gasteiger partial charge in [0.15, 0.2) is 0 Å². The van der Waals surface area contributed by atoms with Gasteiger partial charge in [-0.1, -0.05) is 20.8 Å². The Bertz CT molecular complexity index is 364. The quantitative estimate of drug-likeness (QED) is 0.773. The van der Waals surface area contributed by atoms with Crippen LogP contribution in [0.5, 0.6) is 5.88 Å². The maximum atomic E-state index is 5.82. The summed E-state index contributed by atoms with van der Waals surface area (Å²) in [7, 11) is 0. The van der Waals surface area contributed by atoms with E-state index in [2.05, 4.69) is 23.8 Å². The van der Waals surface area contributed by atoms with Gasteiger partial charge in [-0.3, -0.25) is 0 Å². The van der Waals surface area contributed by atoms with Crippen molar-refractivity contribution in [1.29, 1.82) is 0 Å². The fourth-order valence-corrected chi connectivity index (χ4v) is 1.52. The van der Waals surface area contributed by atoms with Gasteiger partial charge in [0.05, 0.1) is 12.2 Å². The maximum Gasteiger partial charge on any atom is 0.221 e. The second-order valence-electron chi connectivity index (χ2n) is 4.69. The summed E-state index contributed by atoms with van der Waals surface area (Å²) in [5, 5.41) is 0. The molecule has 17 heavy (non-hydrogen) atoms. The molecule has 0 radical (unpaired) electrons. The van der Waals surface area contributed by atoms with E-state index in [1.165, 1.54) is 6.42 Å². The van der Waals surface area contributed by atoms with E-state index >= 15 is 0 Å². The van der Waals surface area contributed by atoms with Gasteiger partial charge < -0.3 is 10.5 Å². The van der Waals surface area contributed by atoms with Gasteiger partial charge >= 0.3 is 0 Å². The summed E-state index contributed by atoms with van der Waals surface area (Å²) in [6.45, 7) is 9.02. The molecule has 0 amide bonds. The van der Waals surface area contributed by atoms with E-state index in [1.807, 2.05) is 13.8 Å². The first-order chi connectivity index (χ1) is 8.04. The van der Waals surface area contributed by atoms with Crippen LogP contribution in [0.15, 0.2) is 0 Å². The topological polar surface area (TPSA) is 61.0 Å². The number of nitrogen functional groups attached to an aromatic ring is 1. The summed E-state index contributed by atoms with van der Waals surface area (Å²) in [6, 6.07) is 0. The van der Waals surface area contributed by atoms with Crippen LogP contribution in [0.4, 0.5) is 5.82 Å². The molecule has 0 aliphatic rings. The summed E-state index contributed by atoms with van der Waals surface area (Å²) < 4.78 is 5.68. The van der Waals surface area contributed by atoms with Crippen molar-refractivity contribution < 1.29 is 4.74 Å². The SMILES string of the molecule is CCc1nc(N)c(C)c(OCCCC(C)C)n1. The van der Waals surface area contributed by atoms with E-state index in [-0.39, 0.29) is 0 Å². The van der Waals surface area contributed by atoms with Gasteiger partial charge in [-0.25, -0.2) is 4.98 Å². The second kappa shape index (κ2) is 6.42. The minimum Gasteiger partial charge on any atom is -0.477 e. The summed E-state index contributed by atoms with van der Waals surface area (Å²) in [5.74, 6) is 2.61. The first kappa shape index (κ1) is 13.7. The summed E-state index contributed by atoms with van der Waals surface area (Å²) in [6.07, 6.45) is 2.98. The number of ether oxygens (including phenoxy) is 1. The molecule has 0 fully saturated rings. The molecule has 0 saturated heterocycles. The Kier molecular flexibility index (Phi) is 5.19. The maximum absolute atomic E-state index is 5.82. The van der Waals surface area contributed by atoms with Crippen LogP contribution in [0.2, 0.25) is 0 Å². The van der Waals surface area contributed by atoms with Gasteiger partial charge in [0.2, 0.25) is 5.88 Å². The van der Waals surface area contributed by atoms with Crippen molar-refractivity contribution in [2.24, 2.45) is 5.92 Å². The molecule has 1 aromatic rings. The fourth-order valence-electron chi connectivity index (χ4n) is 1.52. The number of anilines is 1. The zero-order chi connectivity index (χ0) is 12.8. The predicted molar refractivity (Wildman–Crippen MR) is 70.1 cm³/mol. The van der Waals surface area contributed by atoms with Crippen molar-refractivity contribution in [3.63, 3.8) is 0 Å². The van der Waals surface area contributed by atoms with Gasteiger partial charge in [-0.2, -0.15) is 4.98 Å². The number of nitrogens with two attached hydrogens (primary N) is 1. The minimum atomic E-state index is 0.524. The van der Waals surface area contributed by atoms with Crippen molar-refractivity contribution >= 4 is 5.82 Å². The lowest BCUT2D eigenvalue weighted by Crippen LogP contribution is -2.08. The van der Waals surface area contributed by atoms with Crippen LogP contribution in [0.3, 0.4) is 0 Å². The molecule has 96 valence electrons. The molecule has 4 heteroatoms. The van der Waals surface area contributed by atoms with Crippen molar-refractivity contribution in [2.45, 2.75) is 47.0 Å². The molecule has 4 nitrogen and oxygen atoms in total. The molecule has 0 aliphatic heterocycles. The summed E-state index contributed by atoms with van der Waals surface area (Å²) >= 11 is 0. The molecule has 0 bridgehead atoms. The van der Waals surface area contributed by atoms with Gasteiger partial charge in [-0.05, 0) is 25.7 Å². The van der Waals surface area contributed by atoms with E-state index < -0.39 is 0 Å². The van der Waals surface area contributed by atoms with Gasteiger partial charge in [0.1, 0.15) is 11.6 Å². The Morgan fingerprint density at radius 3 is 2.59 bits per heavy atom. The predicted octanol–water partition coefficient (Wildman–Crippen LogP) is 2.74. The third-order valence-electron chi connectivity index (χ3n) is 2.67. The van der Waals surface area contributed by atoms with Gasteiger partial charge in [0.25, 0.3) is 0 Å². The average molecular weight is 237 g/mol. The fraction of sp³-hybridized carbons (Fsp3) is 0.692. The van der Waals surface area contributed by atoms with Crippen LogP contribution < -0.4 is 10.5 Å². The molecule has 1 heterocycles. The number of aromatic nitrogens is 2. The number of hydrogen-bond acceptors (Lipinski definition) is 4. The van der Waals surface area contributed by atoms with Crippen LogP contribution in [-0.4, -0.2) is 16.6 Å². The average Bonchev–Trinajstić information content (AvgIpc) is 2.29. The van der Waals surface area contributed by atoms with Crippen LogP contribution in [0.1, 0.15) is 45.0 Å². The Morgan fingerprint density at radius 2 is 2.00 bits per heavy atom. The normalized spacial score (nSPS) is 10.9. The van der Waals surface area contributed by atoms with Crippen LogP contribution in [0, 0.1) is 12.8 Å². The summed E-state index contributed by atoms with van der Waals surface area (Å²) in [5.41, 5.74) is 6.66. The number of rotatable bonds is 6. The Hall–Kier alpha value is -1.32. The highest BCUT2D eigenvalue weighted by atomic mass is 16.5. The third-order valence-corrected chi connectivity index (χ3v) is 2.67. The number of aryl methyl sites for hydroxylation is 1. The molecule has 0 spiro atoms. The second-order valence-corrected chi connectivity index (χ2v) is 4.69. The lowest BCUT2D eigenvalue weighted by Gasteiger charge is -2.11. The van der Waals surface area contributed by atoms with E-state index in [9.17, 15) is 0 Å².